The van der Waals surface area contributed by atoms with Crippen LogP contribution < -0.4 is 10.5 Å². The first kappa shape index (κ1) is 18.4. The molecule has 8 heteroatoms. The van der Waals surface area contributed by atoms with Gasteiger partial charge < -0.3 is 10.5 Å². The molecule has 0 saturated heterocycles. The molecule has 22 heavy (non-hydrogen) atoms. The van der Waals surface area contributed by atoms with Crippen molar-refractivity contribution in [2.45, 2.75) is 10.9 Å². The maximum Gasteiger partial charge on any atom is 0.325 e. The SMILES string of the molecule is COC(=O)[C@H](CN)NS(=O)(=O)c1cccc2ccccc12.Cl. The summed E-state index contributed by atoms with van der Waals surface area (Å²) >= 11 is 0. The highest BCUT2D eigenvalue weighted by Gasteiger charge is 2.26. The van der Waals surface area contributed by atoms with Crippen molar-refractivity contribution < 1.29 is 17.9 Å². The normalized spacial score (nSPS) is 12.5. The maximum absolute atomic E-state index is 12.5. The summed E-state index contributed by atoms with van der Waals surface area (Å²) in [5.41, 5.74) is 5.42. The number of hydrogen-bond donors (Lipinski definition) is 2. The van der Waals surface area contributed by atoms with Gasteiger partial charge in [-0.05, 0) is 11.5 Å². The molecule has 0 aromatic heterocycles. The van der Waals surface area contributed by atoms with Gasteiger partial charge in [-0.1, -0.05) is 36.4 Å². The fourth-order valence-electron chi connectivity index (χ4n) is 2.02. The van der Waals surface area contributed by atoms with Crippen molar-refractivity contribution in [1.29, 1.82) is 0 Å². The predicted octanol–water partition coefficient (Wildman–Crippen LogP) is 1.04. The molecule has 0 saturated carbocycles. The summed E-state index contributed by atoms with van der Waals surface area (Å²) in [5, 5.41) is 1.37. The summed E-state index contributed by atoms with van der Waals surface area (Å²) < 4.78 is 31.7. The summed E-state index contributed by atoms with van der Waals surface area (Å²) in [4.78, 5) is 11.6. The van der Waals surface area contributed by atoms with Gasteiger partial charge in [0.15, 0.2) is 0 Å². The molecule has 0 fully saturated rings. The van der Waals surface area contributed by atoms with Crippen molar-refractivity contribution in [3.05, 3.63) is 42.5 Å². The first-order valence-corrected chi connectivity index (χ1v) is 7.76. The van der Waals surface area contributed by atoms with Gasteiger partial charge in [-0.2, -0.15) is 4.72 Å². The molecule has 0 heterocycles. The third-order valence-corrected chi connectivity index (χ3v) is 4.59. The van der Waals surface area contributed by atoms with E-state index in [0.717, 1.165) is 5.39 Å². The molecule has 2 aromatic carbocycles. The van der Waals surface area contributed by atoms with Gasteiger partial charge in [0.2, 0.25) is 10.0 Å². The zero-order chi connectivity index (χ0) is 15.5. The number of carbonyl (C=O) groups is 1. The Kier molecular flexibility index (Phi) is 6.31. The molecule has 0 bridgehead atoms. The van der Waals surface area contributed by atoms with Gasteiger partial charge in [-0.15, -0.1) is 12.4 Å². The average Bonchev–Trinajstić information content (AvgIpc) is 2.51. The van der Waals surface area contributed by atoms with Crippen LogP contribution in [0, 0.1) is 0 Å². The zero-order valence-electron chi connectivity index (χ0n) is 11.9. The summed E-state index contributed by atoms with van der Waals surface area (Å²) in [7, 11) is -2.71. The number of halogens is 1. The third-order valence-electron chi connectivity index (χ3n) is 3.06. The van der Waals surface area contributed by atoms with E-state index in [1.807, 2.05) is 18.2 Å². The number of sulfonamides is 1. The predicted molar refractivity (Wildman–Crippen MR) is 86.4 cm³/mol. The van der Waals surface area contributed by atoms with Crippen molar-refractivity contribution in [3.63, 3.8) is 0 Å². The molecule has 0 aliphatic rings. The van der Waals surface area contributed by atoms with Crippen molar-refractivity contribution >= 4 is 39.2 Å². The smallest absolute Gasteiger partial charge is 0.325 e. The largest absolute Gasteiger partial charge is 0.468 e. The number of carbonyl (C=O) groups excluding carboxylic acids is 1. The minimum Gasteiger partial charge on any atom is -0.468 e. The molecule has 3 N–H and O–H groups in total. The number of rotatable bonds is 5. The monoisotopic (exact) mass is 344 g/mol. The third kappa shape index (κ3) is 3.75. The Morgan fingerprint density at radius 2 is 1.86 bits per heavy atom. The number of ether oxygens (including phenoxy) is 1. The molecular weight excluding hydrogens is 328 g/mol. The number of fused-ring (bicyclic) bond motifs is 1. The van der Waals surface area contributed by atoms with E-state index in [0.29, 0.717) is 5.39 Å². The number of nitrogens with two attached hydrogens (primary N) is 1. The molecular formula is C14H17ClN2O4S. The Morgan fingerprint density at radius 3 is 2.50 bits per heavy atom. The Morgan fingerprint density at radius 1 is 1.23 bits per heavy atom. The van der Waals surface area contributed by atoms with Crippen molar-refractivity contribution in [2.75, 3.05) is 13.7 Å². The fraction of sp³-hybridized carbons (Fsp3) is 0.214. The van der Waals surface area contributed by atoms with Crippen LogP contribution in [0.5, 0.6) is 0 Å². The molecule has 6 nitrogen and oxygen atoms in total. The highest BCUT2D eigenvalue weighted by Crippen LogP contribution is 2.22. The highest BCUT2D eigenvalue weighted by atomic mass is 35.5. The topological polar surface area (TPSA) is 98.5 Å². The number of esters is 1. The summed E-state index contributed by atoms with van der Waals surface area (Å²) in [5.74, 6) is -0.721. The lowest BCUT2D eigenvalue weighted by molar-refractivity contribution is -0.142. The Labute approximate surface area is 135 Å². The highest BCUT2D eigenvalue weighted by molar-refractivity contribution is 7.89. The van der Waals surface area contributed by atoms with Crippen LogP contribution in [0.2, 0.25) is 0 Å². The minimum absolute atomic E-state index is 0. The van der Waals surface area contributed by atoms with Crippen LogP contribution in [-0.4, -0.2) is 34.1 Å². The van der Waals surface area contributed by atoms with Crippen LogP contribution >= 0.6 is 12.4 Å². The van der Waals surface area contributed by atoms with E-state index in [1.54, 1.807) is 18.2 Å². The van der Waals surface area contributed by atoms with E-state index in [2.05, 4.69) is 9.46 Å². The quantitative estimate of drug-likeness (QED) is 0.790. The minimum atomic E-state index is -3.88. The van der Waals surface area contributed by atoms with Gasteiger partial charge in [0.25, 0.3) is 0 Å². The molecule has 0 spiro atoms. The van der Waals surface area contributed by atoms with Crippen LogP contribution in [0.25, 0.3) is 10.8 Å². The second-order valence-corrected chi connectivity index (χ2v) is 6.09. The standard InChI is InChI=1S/C14H16N2O4S.ClH/c1-20-14(17)12(9-15)16-21(18,19)13-8-4-6-10-5-2-3-7-11(10)13;/h2-8,12,16H,9,15H2,1H3;1H/t12-;/m0./s1. The maximum atomic E-state index is 12.5. The Balaban J connectivity index is 0.00000242. The number of methoxy groups -OCH3 is 1. The molecule has 2 aromatic rings. The number of nitrogens with one attached hydrogen (secondary N) is 1. The molecule has 0 aliphatic heterocycles. The summed E-state index contributed by atoms with van der Waals surface area (Å²) in [6, 6.07) is 10.9. The van der Waals surface area contributed by atoms with E-state index < -0.39 is 22.0 Å². The molecule has 120 valence electrons. The van der Waals surface area contributed by atoms with Gasteiger partial charge in [0.05, 0.1) is 12.0 Å². The molecule has 0 unspecified atom stereocenters. The molecule has 0 amide bonds. The molecule has 1 atom stereocenters. The summed E-state index contributed by atoms with van der Waals surface area (Å²) in [6.45, 7) is -0.184. The van der Waals surface area contributed by atoms with E-state index in [-0.39, 0.29) is 23.8 Å². The first-order valence-electron chi connectivity index (χ1n) is 6.27. The van der Waals surface area contributed by atoms with E-state index in [1.165, 1.54) is 13.2 Å². The van der Waals surface area contributed by atoms with E-state index in [4.69, 9.17) is 5.73 Å². The number of benzene rings is 2. The van der Waals surface area contributed by atoms with Crippen LogP contribution in [-0.2, 0) is 19.6 Å². The fourth-order valence-corrected chi connectivity index (χ4v) is 3.44. The zero-order valence-corrected chi connectivity index (χ0v) is 13.5. The first-order chi connectivity index (χ1) is 9.99. The number of hydrogen-bond acceptors (Lipinski definition) is 5. The van der Waals surface area contributed by atoms with E-state index in [9.17, 15) is 13.2 Å². The van der Waals surface area contributed by atoms with Crippen molar-refractivity contribution in [1.82, 2.24) is 4.72 Å². The molecule has 0 aliphatic carbocycles. The van der Waals surface area contributed by atoms with Gasteiger partial charge in [-0.3, -0.25) is 4.79 Å². The lowest BCUT2D eigenvalue weighted by Crippen LogP contribution is -2.46. The summed E-state index contributed by atoms with van der Waals surface area (Å²) in [6.07, 6.45) is 0. The van der Waals surface area contributed by atoms with Gasteiger partial charge in [0, 0.05) is 11.9 Å². The van der Waals surface area contributed by atoms with Gasteiger partial charge >= 0.3 is 5.97 Å². The Bertz CT molecular complexity index is 759. The van der Waals surface area contributed by atoms with Crippen LogP contribution in [0.1, 0.15) is 0 Å². The molecule has 2 rings (SSSR count). The lowest BCUT2D eigenvalue weighted by atomic mass is 10.1. The van der Waals surface area contributed by atoms with E-state index >= 15 is 0 Å². The van der Waals surface area contributed by atoms with Crippen molar-refractivity contribution in [2.24, 2.45) is 5.73 Å². The molecule has 0 radical (unpaired) electrons. The van der Waals surface area contributed by atoms with Crippen molar-refractivity contribution in [3.8, 4) is 0 Å². The Hall–Kier alpha value is -1.67. The lowest BCUT2D eigenvalue weighted by Gasteiger charge is -2.15. The second-order valence-electron chi connectivity index (χ2n) is 4.41. The van der Waals surface area contributed by atoms with Crippen LogP contribution in [0.4, 0.5) is 0 Å². The second kappa shape index (κ2) is 7.55. The van der Waals surface area contributed by atoms with Gasteiger partial charge in [-0.25, -0.2) is 8.42 Å². The van der Waals surface area contributed by atoms with Gasteiger partial charge in [0.1, 0.15) is 6.04 Å². The average molecular weight is 345 g/mol. The van der Waals surface area contributed by atoms with Crippen LogP contribution in [0.3, 0.4) is 0 Å². The van der Waals surface area contributed by atoms with Crippen LogP contribution in [0.15, 0.2) is 47.4 Å².